The molecule has 9 nitrogen and oxygen atoms in total. The van der Waals surface area contributed by atoms with Gasteiger partial charge in [-0.15, -0.1) is 0 Å². The van der Waals surface area contributed by atoms with Crippen molar-refractivity contribution < 1.29 is 13.9 Å². The van der Waals surface area contributed by atoms with Gasteiger partial charge in [0, 0.05) is 0 Å². The molecule has 1 fully saturated rings. The van der Waals surface area contributed by atoms with E-state index in [4.69, 9.17) is 20.8 Å². The quantitative estimate of drug-likeness (QED) is 0.618. The molecule has 4 rings (SSSR count). The van der Waals surface area contributed by atoms with E-state index in [0.29, 0.717) is 24.7 Å². The summed E-state index contributed by atoms with van der Waals surface area (Å²) in [5.74, 6) is -0.403. The molecule has 4 heterocycles. The predicted molar refractivity (Wildman–Crippen MR) is 101 cm³/mol. The van der Waals surface area contributed by atoms with Gasteiger partial charge in [-0.25, -0.2) is 24.4 Å². The molecule has 1 atom stereocenters. The van der Waals surface area contributed by atoms with Crippen molar-refractivity contribution in [2.75, 3.05) is 18.1 Å². The number of cyclic esters (lactones) is 1. The summed E-state index contributed by atoms with van der Waals surface area (Å²) in [5, 5.41) is 0.112. The Morgan fingerprint density at radius 3 is 2.68 bits per heavy atom. The van der Waals surface area contributed by atoms with Crippen LogP contribution in [-0.4, -0.2) is 33.8 Å². The van der Waals surface area contributed by atoms with Crippen LogP contribution in [0.5, 0.6) is 0 Å². The molecule has 1 unspecified atom stereocenters. The highest BCUT2D eigenvalue weighted by molar-refractivity contribution is 6.29. The van der Waals surface area contributed by atoms with Crippen molar-refractivity contribution in [3.8, 4) is 0 Å². The molecule has 0 bridgehead atoms. The van der Waals surface area contributed by atoms with Crippen molar-refractivity contribution in [2.45, 2.75) is 19.9 Å². The molecule has 3 aromatic heterocycles. The second kappa shape index (κ2) is 6.75. The largest absolute Gasteiger partial charge is 0.447 e. The van der Waals surface area contributed by atoms with Crippen molar-refractivity contribution in [1.82, 2.24) is 14.5 Å². The molecule has 28 heavy (non-hydrogen) atoms. The molecular weight excluding hydrogens is 388 g/mol. The van der Waals surface area contributed by atoms with Crippen LogP contribution in [0.15, 0.2) is 38.3 Å². The van der Waals surface area contributed by atoms with Crippen LogP contribution in [0, 0.1) is 6.92 Å². The van der Waals surface area contributed by atoms with Crippen LogP contribution in [0.25, 0.3) is 11.0 Å². The Bertz CT molecular complexity index is 1220. The van der Waals surface area contributed by atoms with E-state index in [2.05, 4.69) is 9.97 Å². The Balaban J connectivity index is 1.88. The predicted octanol–water partition coefficient (Wildman–Crippen LogP) is 2.27. The monoisotopic (exact) mass is 402 g/mol. The van der Waals surface area contributed by atoms with Gasteiger partial charge in [0.15, 0.2) is 5.52 Å². The topological polar surface area (TPSA) is 108 Å². The summed E-state index contributed by atoms with van der Waals surface area (Å²) in [6.45, 7) is 4.29. The van der Waals surface area contributed by atoms with Crippen molar-refractivity contribution in [2.24, 2.45) is 0 Å². The van der Waals surface area contributed by atoms with Gasteiger partial charge in [0.25, 0.3) is 0 Å². The maximum atomic E-state index is 12.5. The van der Waals surface area contributed by atoms with Gasteiger partial charge in [-0.2, -0.15) is 0 Å². The summed E-state index contributed by atoms with van der Waals surface area (Å²) >= 11 is 5.87. The lowest BCUT2D eigenvalue weighted by Gasteiger charge is -2.19. The van der Waals surface area contributed by atoms with E-state index in [1.807, 2.05) is 6.92 Å². The summed E-state index contributed by atoms with van der Waals surface area (Å²) in [6.07, 6.45) is -0.469. The van der Waals surface area contributed by atoms with Crippen molar-refractivity contribution in [1.29, 1.82) is 0 Å². The van der Waals surface area contributed by atoms with Gasteiger partial charge in [-0.1, -0.05) is 11.6 Å². The van der Waals surface area contributed by atoms with Crippen molar-refractivity contribution >= 4 is 34.5 Å². The van der Waals surface area contributed by atoms with Crippen molar-refractivity contribution in [3.63, 3.8) is 0 Å². The van der Waals surface area contributed by atoms with Crippen LogP contribution in [0.3, 0.4) is 0 Å². The fraction of sp³-hybridized carbons (Fsp3) is 0.278. The van der Waals surface area contributed by atoms with E-state index in [0.717, 1.165) is 5.56 Å². The number of nitrogens with zero attached hydrogens (tertiary/aromatic N) is 4. The maximum absolute atomic E-state index is 12.5. The summed E-state index contributed by atoms with van der Waals surface area (Å²) < 4.78 is 11.1. The molecule has 0 aliphatic carbocycles. The molecule has 0 aromatic carbocycles. The van der Waals surface area contributed by atoms with Gasteiger partial charge >= 0.3 is 17.5 Å². The molecule has 10 heteroatoms. The molecule has 3 aromatic rings. The van der Waals surface area contributed by atoms with Gasteiger partial charge in [0.05, 0.1) is 23.8 Å². The Morgan fingerprint density at radius 1 is 1.18 bits per heavy atom. The van der Waals surface area contributed by atoms with Crippen LogP contribution in [0.2, 0.25) is 5.15 Å². The number of amides is 1. The fourth-order valence-electron chi connectivity index (χ4n) is 3.18. The number of ether oxygens (including phenoxy) is 1. The number of carbonyl (C=O) groups is 1. The van der Waals surface area contributed by atoms with Crippen LogP contribution in [0.4, 0.5) is 10.6 Å². The number of rotatable bonds is 3. The second-order valence-electron chi connectivity index (χ2n) is 6.40. The lowest BCUT2D eigenvalue weighted by Crippen LogP contribution is -2.30. The van der Waals surface area contributed by atoms with E-state index in [1.54, 1.807) is 19.1 Å². The summed E-state index contributed by atoms with van der Waals surface area (Å²) in [5.41, 5.74) is 0.742. The summed E-state index contributed by atoms with van der Waals surface area (Å²) in [6, 6.07) is 5.98. The number of hydrogen-bond acceptors (Lipinski definition) is 7. The number of aromatic nitrogens is 3. The maximum Gasteiger partial charge on any atom is 0.423 e. The average molecular weight is 403 g/mol. The number of anilines is 1. The second-order valence-corrected chi connectivity index (χ2v) is 6.78. The fourth-order valence-corrected chi connectivity index (χ4v) is 3.32. The highest BCUT2D eigenvalue weighted by Crippen LogP contribution is 2.24. The minimum atomic E-state index is -0.858. The van der Waals surface area contributed by atoms with Gasteiger partial charge in [0.2, 0.25) is 0 Å². The highest BCUT2D eigenvalue weighted by atomic mass is 35.5. The van der Waals surface area contributed by atoms with E-state index >= 15 is 0 Å². The van der Waals surface area contributed by atoms with E-state index in [9.17, 15) is 14.4 Å². The molecule has 144 valence electrons. The normalized spacial score (nSPS) is 15.1. The standard InChI is InChI=1S/C18H15ClN4O5/c1-9-7-11(20-14(8-9)22-5-6-27-17(22)25)10(2)23-12-3-4-13(19)21-15(12)16(24)28-18(23)26/h3-4,7-8,10H,5-6H2,1-2H3. The van der Waals surface area contributed by atoms with Crippen molar-refractivity contribution in [3.05, 3.63) is 61.6 Å². The Morgan fingerprint density at radius 2 is 1.96 bits per heavy atom. The van der Waals surface area contributed by atoms with E-state index in [-0.39, 0.29) is 16.2 Å². The zero-order valence-corrected chi connectivity index (χ0v) is 15.8. The molecular formula is C18H15ClN4O5. The third-order valence-corrected chi connectivity index (χ3v) is 4.71. The number of fused-ring (bicyclic) bond motifs is 1. The lowest BCUT2D eigenvalue weighted by atomic mass is 10.1. The van der Waals surface area contributed by atoms with E-state index in [1.165, 1.54) is 21.6 Å². The average Bonchev–Trinajstić information content (AvgIpc) is 3.07. The first-order chi connectivity index (χ1) is 13.3. The van der Waals surface area contributed by atoms with Crippen LogP contribution >= 0.6 is 11.6 Å². The first-order valence-corrected chi connectivity index (χ1v) is 8.88. The number of pyridine rings is 2. The van der Waals surface area contributed by atoms with Gasteiger partial charge in [-0.3, -0.25) is 9.47 Å². The van der Waals surface area contributed by atoms with Gasteiger partial charge in [-0.05, 0) is 43.7 Å². The molecule has 1 amide bonds. The first kappa shape index (κ1) is 18.2. The SMILES string of the molecule is Cc1cc(C(C)n2c(=O)oc(=O)c3nc(Cl)ccc32)nc(N2CCOC2=O)c1. The molecule has 0 spiro atoms. The molecule has 1 aliphatic heterocycles. The molecule has 1 saturated heterocycles. The Labute approximate surface area is 163 Å². The molecule has 0 N–H and O–H groups in total. The van der Waals surface area contributed by atoms with Crippen LogP contribution in [-0.2, 0) is 4.74 Å². The summed E-state index contributed by atoms with van der Waals surface area (Å²) in [4.78, 5) is 46.3. The third-order valence-electron chi connectivity index (χ3n) is 4.50. The molecule has 0 saturated carbocycles. The number of halogens is 1. The van der Waals surface area contributed by atoms with Gasteiger partial charge in [0.1, 0.15) is 17.6 Å². The Kier molecular flexibility index (Phi) is 4.38. The highest BCUT2D eigenvalue weighted by Gasteiger charge is 2.26. The summed E-state index contributed by atoms with van der Waals surface area (Å²) in [7, 11) is 0. The van der Waals surface area contributed by atoms with E-state index < -0.39 is 23.5 Å². The minimum Gasteiger partial charge on any atom is -0.447 e. The minimum absolute atomic E-state index is 0.0463. The van der Waals surface area contributed by atoms with Crippen LogP contribution in [0.1, 0.15) is 24.2 Å². The molecule has 0 radical (unpaired) electrons. The zero-order chi connectivity index (χ0) is 20.0. The smallest absolute Gasteiger partial charge is 0.423 e. The Hall–Kier alpha value is -3.20. The third kappa shape index (κ3) is 3.03. The van der Waals surface area contributed by atoms with Gasteiger partial charge < -0.3 is 9.15 Å². The van der Waals surface area contributed by atoms with Crippen LogP contribution < -0.4 is 16.3 Å². The number of aryl methyl sites for hydroxylation is 1. The number of hydrogen-bond donors (Lipinski definition) is 0. The number of carbonyl (C=O) groups excluding carboxylic acids is 1. The lowest BCUT2D eigenvalue weighted by molar-refractivity contribution is 0.181. The zero-order valence-electron chi connectivity index (χ0n) is 15.0. The first-order valence-electron chi connectivity index (χ1n) is 8.50. The molecule has 1 aliphatic rings.